The van der Waals surface area contributed by atoms with Crippen molar-refractivity contribution in [2.75, 3.05) is 39.3 Å². The molecule has 1 aliphatic rings. The Morgan fingerprint density at radius 2 is 1.83 bits per heavy atom. The minimum absolute atomic E-state index is 0. The minimum atomic E-state index is 0. The summed E-state index contributed by atoms with van der Waals surface area (Å²) in [5.74, 6) is 1.58. The third-order valence-electron chi connectivity index (χ3n) is 3.69. The summed E-state index contributed by atoms with van der Waals surface area (Å²) in [6, 6.07) is 0. The average molecular weight is 368 g/mol. The first-order valence-corrected chi connectivity index (χ1v) is 6.94. The zero-order valence-electron chi connectivity index (χ0n) is 12.1. The van der Waals surface area contributed by atoms with E-state index in [2.05, 4.69) is 35.6 Å². The van der Waals surface area contributed by atoms with Gasteiger partial charge in [0.25, 0.3) is 0 Å². The Morgan fingerprint density at radius 3 is 2.33 bits per heavy atom. The van der Waals surface area contributed by atoms with E-state index in [1.165, 1.54) is 12.8 Å². The van der Waals surface area contributed by atoms with Crippen molar-refractivity contribution in [2.45, 2.75) is 33.6 Å². The predicted octanol–water partition coefficient (Wildman–Crippen LogP) is 1.99. The van der Waals surface area contributed by atoms with Gasteiger partial charge in [0.15, 0.2) is 5.96 Å². The van der Waals surface area contributed by atoms with Crippen LogP contribution in [0.3, 0.4) is 0 Å². The molecule has 0 aliphatic carbocycles. The van der Waals surface area contributed by atoms with Crippen LogP contribution in [0, 0.1) is 5.92 Å². The summed E-state index contributed by atoms with van der Waals surface area (Å²) in [6.07, 6.45) is 2.48. The van der Waals surface area contributed by atoms with Crippen LogP contribution < -0.4 is 5.73 Å². The first-order valence-electron chi connectivity index (χ1n) is 6.94. The van der Waals surface area contributed by atoms with Crippen LogP contribution in [0.15, 0.2) is 4.99 Å². The summed E-state index contributed by atoms with van der Waals surface area (Å²) in [6.45, 7) is 12.8. The zero-order chi connectivity index (χ0) is 12.7. The number of likely N-dealkylation sites (tertiary alicyclic amines) is 1. The van der Waals surface area contributed by atoms with Crippen molar-refractivity contribution in [3.05, 3.63) is 0 Å². The van der Waals surface area contributed by atoms with Gasteiger partial charge in [-0.2, -0.15) is 0 Å². The van der Waals surface area contributed by atoms with Gasteiger partial charge in [-0.15, -0.1) is 24.0 Å². The molecule has 1 rings (SSSR count). The number of nitrogens with zero attached hydrogens (tertiary/aromatic N) is 3. The lowest BCUT2D eigenvalue weighted by atomic mass is 10.00. The van der Waals surface area contributed by atoms with Gasteiger partial charge in [0.2, 0.25) is 0 Å². The lowest BCUT2D eigenvalue weighted by Crippen LogP contribution is -2.42. The molecule has 0 saturated carbocycles. The van der Waals surface area contributed by atoms with Crippen molar-refractivity contribution in [3.8, 4) is 0 Å². The normalized spacial score (nSPS) is 18.0. The van der Waals surface area contributed by atoms with Gasteiger partial charge in [-0.05, 0) is 31.8 Å². The fourth-order valence-electron chi connectivity index (χ4n) is 2.18. The van der Waals surface area contributed by atoms with E-state index in [9.17, 15) is 0 Å². The molecule has 1 heterocycles. The van der Waals surface area contributed by atoms with Crippen LogP contribution in [0.4, 0.5) is 0 Å². The SMILES string of the molecule is CCN(CC)CCN=C(N)N1CCC(C)CC1.I. The molecule has 0 unspecified atom stereocenters. The molecule has 1 saturated heterocycles. The Morgan fingerprint density at radius 1 is 1.28 bits per heavy atom. The molecule has 0 aromatic heterocycles. The lowest BCUT2D eigenvalue weighted by molar-refractivity contribution is 0.276. The highest BCUT2D eigenvalue weighted by atomic mass is 127. The van der Waals surface area contributed by atoms with Crippen LogP contribution in [0.2, 0.25) is 0 Å². The van der Waals surface area contributed by atoms with E-state index in [1.807, 2.05) is 0 Å². The molecule has 0 amide bonds. The van der Waals surface area contributed by atoms with Gasteiger partial charge in [-0.25, -0.2) is 0 Å². The highest BCUT2D eigenvalue weighted by Crippen LogP contribution is 2.15. The molecule has 18 heavy (non-hydrogen) atoms. The zero-order valence-corrected chi connectivity index (χ0v) is 14.4. The molecule has 0 aromatic rings. The minimum Gasteiger partial charge on any atom is -0.370 e. The molecule has 2 N–H and O–H groups in total. The molecule has 0 aromatic carbocycles. The van der Waals surface area contributed by atoms with Crippen molar-refractivity contribution in [1.82, 2.24) is 9.80 Å². The number of piperidine rings is 1. The number of likely N-dealkylation sites (N-methyl/N-ethyl adjacent to an activating group) is 1. The first-order chi connectivity index (χ1) is 8.17. The lowest BCUT2D eigenvalue weighted by Gasteiger charge is -2.31. The molecule has 4 nitrogen and oxygen atoms in total. The Bertz CT molecular complexity index is 233. The topological polar surface area (TPSA) is 44.9 Å². The van der Waals surface area contributed by atoms with Crippen molar-refractivity contribution in [3.63, 3.8) is 0 Å². The number of hydrogen-bond donors (Lipinski definition) is 1. The maximum Gasteiger partial charge on any atom is 0.191 e. The molecular formula is C13H29IN4. The van der Waals surface area contributed by atoms with Gasteiger partial charge in [-0.3, -0.25) is 4.99 Å². The monoisotopic (exact) mass is 368 g/mol. The second-order valence-electron chi connectivity index (χ2n) is 4.94. The fraction of sp³-hybridized carbons (Fsp3) is 0.923. The van der Waals surface area contributed by atoms with Crippen molar-refractivity contribution < 1.29 is 0 Å². The van der Waals surface area contributed by atoms with E-state index in [0.29, 0.717) is 0 Å². The second-order valence-corrected chi connectivity index (χ2v) is 4.94. The Labute approximate surface area is 129 Å². The van der Waals surface area contributed by atoms with Crippen LogP contribution in [0.1, 0.15) is 33.6 Å². The summed E-state index contributed by atoms with van der Waals surface area (Å²) in [5.41, 5.74) is 6.02. The van der Waals surface area contributed by atoms with E-state index in [1.54, 1.807) is 0 Å². The number of hydrogen-bond acceptors (Lipinski definition) is 2. The molecule has 0 atom stereocenters. The smallest absolute Gasteiger partial charge is 0.191 e. The highest BCUT2D eigenvalue weighted by molar-refractivity contribution is 14.0. The standard InChI is InChI=1S/C13H28N4.HI/c1-4-16(5-2)11-8-15-13(14)17-9-6-12(3)7-10-17;/h12H,4-11H2,1-3H3,(H2,14,15);1H. The van der Waals surface area contributed by atoms with Crippen LogP contribution >= 0.6 is 24.0 Å². The first kappa shape index (κ1) is 18.0. The summed E-state index contributed by atoms with van der Waals surface area (Å²) >= 11 is 0. The molecule has 1 aliphatic heterocycles. The maximum atomic E-state index is 6.02. The largest absolute Gasteiger partial charge is 0.370 e. The highest BCUT2D eigenvalue weighted by Gasteiger charge is 2.16. The van der Waals surface area contributed by atoms with Crippen LogP contribution in [-0.2, 0) is 0 Å². The molecule has 1 fully saturated rings. The molecule has 108 valence electrons. The summed E-state index contributed by atoms with van der Waals surface area (Å²) < 4.78 is 0. The van der Waals surface area contributed by atoms with Gasteiger partial charge in [0, 0.05) is 19.6 Å². The van der Waals surface area contributed by atoms with Crippen molar-refractivity contribution >= 4 is 29.9 Å². The van der Waals surface area contributed by atoms with E-state index in [4.69, 9.17) is 5.73 Å². The van der Waals surface area contributed by atoms with Crippen LogP contribution in [-0.4, -0.2) is 55.0 Å². The number of aliphatic imine (C=N–C) groups is 1. The Kier molecular flexibility index (Phi) is 9.81. The third-order valence-corrected chi connectivity index (χ3v) is 3.69. The van der Waals surface area contributed by atoms with Crippen molar-refractivity contribution in [1.29, 1.82) is 0 Å². The van der Waals surface area contributed by atoms with E-state index < -0.39 is 0 Å². The van der Waals surface area contributed by atoms with Gasteiger partial charge in [-0.1, -0.05) is 20.8 Å². The van der Waals surface area contributed by atoms with Gasteiger partial charge in [0.05, 0.1) is 6.54 Å². The van der Waals surface area contributed by atoms with E-state index in [0.717, 1.165) is 51.1 Å². The number of guanidine groups is 1. The average Bonchev–Trinajstić information content (AvgIpc) is 2.35. The molecular weight excluding hydrogens is 339 g/mol. The number of rotatable bonds is 5. The summed E-state index contributed by atoms with van der Waals surface area (Å²) in [4.78, 5) is 9.08. The fourth-order valence-corrected chi connectivity index (χ4v) is 2.18. The number of nitrogens with two attached hydrogens (primary N) is 1. The maximum absolute atomic E-state index is 6.02. The van der Waals surface area contributed by atoms with Gasteiger partial charge < -0.3 is 15.5 Å². The molecule has 0 radical (unpaired) electrons. The Balaban J connectivity index is 0.00000289. The third kappa shape index (κ3) is 6.22. The Hall–Kier alpha value is -0.0400. The summed E-state index contributed by atoms with van der Waals surface area (Å²) in [7, 11) is 0. The van der Waals surface area contributed by atoms with Crippen molar-refractivity contribution in [2.24, 2.45) is 16.6 Å². The van der Waals surface area contributed by atoms with E-state index in [-0.39, 0.29) is 24.0 Å². The molecule has 0 bridgehead atoms. The molecule has 0 spiro atoms. The van der Waals surface area contributed by atoms with Crippen LogP contribution in [0.5, 0.6) is 0 Å². The van der Waals surface area contributed by atoms with Gasteiger partial charge in [0.1, 0.15) is 0 Å². The number of halogens is 1. The summed E-state index contributed by atoms with van der Waals surface area (Å²) in [5, 5.41) is 0. The van der Waals surface area contributed by atoms with Gasteiger partial charge >= 0.3 is 0 Å². The predicted molar refractivity (Wildman–Crippen MR) is 89.7 cm³/mol. The quantitative estimate of drug-likeness (QED) is 0.459. The van der Waals surface area contributed by atoms with Crippen LogP contribution in [0.25, 0.3) is 0 Å². The second kappa shape index (κ2) is 9.83. The van der Waals surface area contributed by atoms with E-state index >= 15 is 0 Å². The molecule has 5 heteroatoms.